The van der Waals surface area contributed by atoms with Crippen LogP contribution in [0.3, 0.4) is 0 Å². The van der Waals surface area contributed by atoms with Crippen molar-refractivity contribution in [1.82, 2.24) is 0 Å². The highest BCUT2D eigenvalue weighted by Gasteiger charge is 2.26. The summed E-state index contributed by atoms with van der Waals surface area (Å²) >= 11 is 0. The fourth-order valence-corrected chi connectivity index (χ4v) is 2.54. The molecular weight excluding hydrogens is 254 g/mol. The summed E-state index contributed by atoms with van der Waals surface area (Å²) in [6, 6.07) is 21.2. The molecule has 1 heteroatoms. The van der Waals surface area contributed by atoms with Gasteiger partial charge in [-0.3, -0.25) is 0 Å². The minimum atomic E-state index is -0.482. The number of nitrogens with zero attached hydrogens (tertiary/aromatic N) is 1. The van der Waals surface area contributed by atoms with E-state index in [1.807, 2.05) is 37.3 Å². The highest BCUT2D eigenvalue weighted by molar-refractivity contribution is 5.36. The van der Waals surface area contributed by atoms with Crippen LogP contribution in [-0.4, -0.2) is 0 Å². The molecule has 21 heavy (non-hydrogen) atoms. The van der Waals surface area contributed by atoms with Crippen LogP contribution in [0.5, 0.6) is 0 Å². The Kier molecular flexibility index (Phi) is 4.19. The van der Waals surface area contributed by atoms with Gasteiger partial charge in [-0.15, -0.1) is 0 Å². The molecule has 0 aromatic heterocycles. The number of hydrogen-bond acceptors (Lipinski definition) is 1. The summed E-state index contributed by atoms with van der Waals surface area (Å²) in [5.41, 5.74) is 3.29. The predicted octanol–water partition coefficient (Wildman–Crippen LogP) is 5.01. The van der Waals surface area contributed by atoms with Gasteiger partial charge in [0.2, 0.25) is 0 Å². The fraction of sp³-hybridized carbons (Fsp3) is 0.350. The average Bonchev–Trinajstić information content (AvgIpc) is 2.47. The molecule has 0 amide bonds. The van der Waals surface area contributed by atoms with Crippen molar-refractivity contribution in [2.45, 2.75) is 44.9 Å². The Morgan fingerprint density at radius 3 is 1.86 bits per heavy atom. The summed E-state index contributed by atoms with van der Waals surface area (Å²) in [4.78, 5) is 0. The molecule has 2 aromatic rings. The first-order valence-electron chi connectivity index (χ1n) is 7.41. The Balaban J connectivity index is 2.26. The molecule has 0 bridgehead atoms. The first-order chi connectivity index (χ1) is 9.85. The van der Waals surface area contributed by atoms with E-state index in [9.17, 15) is 5.26 Å². The topological polar surface area (TPSA) is 23.8 Å². The molecule has 0 saturated carbocycles. The molecule has 0 aliphatic heterocycles. The van der Waals surface area contributed by atoms with Crippen molar-refractivity contribution in [1.29, 1.82) is 5.26 Å². The van der Waals surface area contributed by atoms with Gasteiger partial charge in [-0.2, -0.15) is 5.26 Å². The number of benzene rings is 2. The lowest BCUT2D eigenvalue weighted by atomic mass is 9.78. The number of hydrogen-bond donors (Lipinski definition) is 0. The Labute approximate surface area is 128 Å². The van der Waals surface area contributed by atoms with Crippen molar-refractivity contribution in [2.24, 2.45) is 0 Å². The lowest BCUT2D eigenvalue weighted by Crippen LogP contribution is -2.22. The van der Waals surface area contributed by atoms with Crippen LogP contribution in [0.25, 0.3) is 0 Å². The average molecular weight is 277 g/mol. The molecule has 0 aliphatic rings. The van der Waals surface area contributed by atoms with Crippen molar-refractivity contribution in [2.75, 3.05) is 0 Å². The number of rotatable bonds is 3. The van der Waals surface area contributed by atoms with Crippen LogP contribution >= 0.6 is 0 Å². The van der Waals surface area contributed by atoms with Gasteiger partial charge in [0.1, 0.15) is 0 Å². The van der Waals surface area contributed by atoms with Crippen LogP contribution in [-0.2, 0) is 17.3 Å². The molecule has 0 spiro atoms. The van der Waals surface area contributed by atoms with Crippen LogP contribution < -0.4 is 0 Å². The Morgan fingerprint density at radius 2 is 1.38 bits per heavy atom. The van der Waals surface area contributed by atoms with Crippen LogP contribution in [0, 0.1) is 11.3 Å². The van der Waals surface area contributed by atoms with Gasteiger partial charge >= 0.3 is 0 Å². The van der Waals surface area contributed by atoms with Gasteiger partial charge in [0, 0.05) is 0 Å². The molecule has 1 unspecified atom stereocenters. The third-order valence-electron chi connectivity index (χ3n) is 4.04. The normalized spacial score (nSPS) is 14.2. The van der Waals surface area contributed by atoms with Gasteiger partial charge in [-0.05, 0) is 35.4 Å². The fourth-order valence-electron chi connectivity index (χ4n) is 2.54. The second kappa shape index (κ2) is 5.74. The van der Waals surface area contributed by atoms with E-state index < -0.39 is 5.41 Å². The number of nitriles is 1. The van der Waals surface area contributed by atoms with Crippen LogP contribution in [0.2, 0.25) is 0 Å². The maximum Gasteiger partial charge on any atom is 0.0834 e. The van der Waals surface area contributed by atoms with E-state index in [-0.39, 0.29) is 5.41 Å². The van der Waals surface area contributed by atoms with Gasteiger partial charge in [0.25, 0.3) is 0 Å². The Hall–Kier alpha value is -2.07. The van der Waals surface area contributed by atoms with Crippen molar-refractivity contribution in [3.8, 4) is 6.07 Å². The summed E-state index contributed by atoms with van der Waals surface area (Å²) in [5.74, 6) is 0. The molecule has 0 aliphatic carbocycles. The van der Waals surface area contributed by atoms with Crippen molar-refractivity contribution < 1.29 is 0 Å². The molecule has 1 nitrogen and oxygen atoms in total. The minimum absolute atomic E-state index is 0.163. The SMILES string of the molecule is CC(C)(C)c1ccc(CC(C)(C#N)c2ccccc2)cc1. The van der Waals surface area contributed by atoms with Crippen molar-refractivity contribution in [3.63, 3.8) is 0 Å². The van der Waals surface area contributed by atoms with Gasteiger partial charge in [-0.1, -0.05) is 75.4 Å². The lowest BCUT2D eigenvalue weighted by Gasteiger charge is -2.23. The molecule has 0 radical (unpaired) electrons. The monoisotopic (exact) mass is 277 g/mol. The maximum atomic E-state index is 9.63. The molecule has 0 fully saturated rings. The van der Waals surface area contributed by atoms with E-state index >= 15 is 0 Å². The molecule has 108 valence electrons. The third kappa shape index (κ3) is 3.52. The maximum absolute atomic E-state index is 9.63. The predicted molar refractivity (Wildman–Crippen MR) is 88.3 cm³/mol. The zero-order valence-corrected chi connectivity index (χ0v) is 13.4. The Bertz CT molecular complexity index is 626. The summed E-state index contributed by atoms with van der Waals surface area (Å²) in [6.07, 6.45) is 0.734. The van der Waals surface area contributed by atoms with E-state index in [1.165, 1.54) is 11.1 Å². The summed E-state index contributed by atoms with van der Waals surface area (Å²) in [6.45, 7) is 8.65. The first-order valence-corrected chi connectivity index (χ1v) is 7.41. The molecule has 1 atom stereocenters. The molecular formula is C20H23N. The van der Waals surface area contributed by atoms with Crippen molar-refractivity contribution in [3.05, 3.63) is 71.3 Å². The molecule has 2 rings (SSSR count). The zero-order valence-electron chi connectivity index (χ0n) is 13.4. The highest BCUT2D eigenvalue weighted by atomic mass is 14.4. The van der Waals surface area contributed by atoms with E-state index in [2.05, 4.69) is 51.1 Å². The summed E-state index contributed by atoms with van der Waals surface area (Å²) in [7, 11) is 0. The van der Waals surface area contributed by atoms with Crippen molar-refractivity contribution >= 4 is 0 Å². The van der Waals surface area contributed by atoms with Crippen LogP contribution in [0.1, 0.15) is 44.4 Å². The largest absolute Gasteiger partial charge is 0.197 e. The quantitative estimate of drug-likeness (QED) is 0.773. The molecule has 0 N–H and O–H groups in total. The first kappa shape index (κ1) is 15.3. The zero-order chi connectivity index (χ0) is 15.5. The van der Waals surface area contributed by atoms with Gasteiger partial charge in [0.15, 0.2) is 0 Å². The van der Waals surface area contributed by atoms with Crippen LogP contribution in [0.4, 0.5) is 0 Å². The second-order valence-electron chi connectivity index (χ2n) is 6.93. The standard InChI is InChI=1S/C20H23N/c1-19(2,3)17-12-10-16(11-13-17)14-20(4,15-21)18-8-6-5-7-9-18/h5-13H,14H2,1-4H3. The van der Waals surface area contributed by atoms with E-state index in [0.29, 0.717) is 0 Å². The van der Waals surface area contributed by atoms with E-state index in [4.69, 9.17) is 0 Å². The smallest absolute Gasteiger partial charge is 0.0834 e. The molecule has 0 saturated heterocycles. The summed E-state index contributed by atoms with van der Waals surface area (Å²) in [5, 5.41) is 9.63. The van der Waals surface area contributed by atoms with Gasteiger partial charge in [-0.25, -0.2) is 0 Å². The van der Waals surface area contributed by atoms with E-state index in [0.717, 1.165) is 12.0 Å². The van der Waals surface area contributed by atoms with Gasteiger partial charge < -0.3 is 0 Å². The summed E-state index contributed by atoms with van der Waals surface area (Å²) < 4.78 is 0. The Morgan fingerprint density at radius 1 is 0.810 bits per heavy atom. The second-order valence-corrected chi connectivity index (χ2v) is 6.93. The third-order valence-corrected chi connectivity index (χ3v) is 4.04. The molecule has 2 aromatic carbocycles. The van der Waals surface area contributed by atoms with Crippen LogP contribution in [0.15, 0.2) is 54.6 Å². The highest BCUT2D eigenvalue weighted by Crippen LogP contribution is 2.29. The van der Waals surface area contributed by atoms with Gasteiger partial charge in [0.05, 0.1) is 11.5 Å². The van der Waals surface area contributed by atoms with E-state index in [1.54, 1.807) is 0 Å². The molecule has 0 heterocycles. The lowest BCUT2D eigenvalue weighted by molar-refractivity contribution is 0.586. The minimum Gasteiger partial charge on any atom is -0.197 e.